The van der Waals surface area contributed by atoms with Crippen LogP contribution in [0.3, 0.4) is 0 Å². The lowest BCUT2D eigenvalue weighted by Gasteiger charge is -2.41. The summed E-state index contributed by atoms with van der Waals surface area (Å²) in [6, 6.07) is 24.9. The second-order valence-corrected chi connectivity index (χ2v) is 23.9. The third-order valence-electron chi connectivity index (χ3n) is 18.3. The minimum Gasteiger partial charge on any atom is -0.497 e. The first-order valence-electron chi connectivity index (χ1n) is 30.7. The molecular weight excluding hydrogens is 1070 g/mol. The van der Waals surface area contributed by atoms with Gasteiger partial charge in [-0.2, -0.15) is 5.10 Å². The van der Waals surface area contributed by atoms with Crippen molar-refractivity contribution < 1.29 is 38.1 Å². The molecule has 3 atom stereocenters. The molecule has 19 heteroatoms. The molecule has 5 aliphatic rings. The summed E-state index contributed by atoms with van der Waals surface area (Å²) in [6.45, 7) is 12.0. The summed E-state index contributed by atoms with van der Waals surface area (Å²) in [7, 11) is 3.58. The van der Waals surface area contributed by atoms with Gasteiger partial charge in [0, 0.05) is 119 Å². The number of aliphatic hydroxyl groups is 1. The molecule has 2 unspecified atom stereocenters. The van der Waals surface area contributed by atoms with Crippen molar-refractivity contribution in [2.45, 2.75) is 95.9 Å². The summed E-state index contributed by atoms with van der Waals surface area (Å²) in [5.74, 6) is 1.55. The SMILES string of the molecule is CCOc1cc(OC)ccc1CN(C)CC(=O)N1CCCC(c2cccc(C(=O)N[C@@H](C(=O)N3CCN(CC4CCN(CC(=O)N5CCN(C(O)c6cc(Cc7n[nH]c(=O)c8ccccc78)ccc6F)CC5)CC4)CC3)C3CCCCC3)c2)C1. The summed E-state index contributed by atoms with van der Waals surface area (Å²) in [6.07, 6.45) is 7.99. The van der Waals surface area contributed by atoms with Crippen LogP contribution in [0.1, 0.15) is 115 Å². The largest absolute Gasteiger partial charge is 0.497 e. The number of likely N-dealkylation sites (tertiary alicyclic amines) is 2. The smallest absolute Gasteiger partial charge is 0.272 e. The molecule has 4 aliphatic heterocycles. The van der Waals surface area contributed by atoms with E-state index < -0.39 is 18.1 Å². The zero-order valence-electron chi connectivity index (χ0n) is 49.3. The molecule has 5 fully saturated rings. The molecule has 1 saturated carbocycles. The number of halogens is 1. The van der Waals surface area contributed by atoms with Crippen LogP contribution in [0.2, 0.25) is 0 Å². The van der Waals surface area contributed by atoms with Crippen molar-refractivity contribution in [1.82, 2.24) is 49.8 Å². The average Bonchev–Trinajstić information content (AvgIpc) is 3.72. The molecule has 450 valence electrons. The van der Waals surface area contributed by atoms with E-state index in [4.69, 9.17) is 9.47 Å². The van der Waals surface area contributed by atoms with E-state index in [1.807, 2.05) is 82.1 Å². The molecule has 5 heterocycles. The zero-order valence-corrected chi connectivity index (χ0v) is 49.3. The maximum atomic E-state index is 15.2. The van der Waals surface area contributed by atoms with Gasteiger partial charge in [0.15, 0.2) is 0 Å². The first-order valence-corrected chi connectivity index (χ1v) is 30.7. The van der Waals surface area contributed by atoms with Crippen LogP contribution in [0.25, 0.3) is 10.8 Å². The number of hydrogen-bond acceptors (Lipinski definition) is 13. The third kappa shape index (κ3) is 15.0. The summed E-state index contributed by atoms with van der Waals surface area (Å²) in [5, 5.41) is 22.7. The second-order valence-electron chi connectivity index (χ2n) is 23.9. The van der Waals surface area contributed by atoms with Gasteiger partial charge in [0.05, 0.1) is 37.9 Å². The van der Waals surface area contributed by atoms with Crippen LogP contribution in [0, 0.1) is 17.7 Å². The van der Waals surface area contributed by atoms with Gasteiger partial charge in [-0.3, -0.25) is 43.6 Å². The zero-order chi connectivity index (χ0) is 58.7. The number of methoxy groups -OCH3 is 1. The monoisotopic (exact) mass is 1150 g/mol. The highest BCUT2D eigenvalue weighted by atomic mass is 19.1. The number of piperidine rings is 2. The van der Waals surface area contributed by atoms with E-state index in [1.54, 1.807) is 36.3 Å². The Morgan fingerprint density at radius 2 is 1.52 bits per heavy atom. The fraction of sp³-hybridized carbons (Fsp3) is 0.538. The molecule has 3 N–H and O–H groups in total. The number of benzene rings is 4. The minimum atomic E-state index is -1.18. The van der Waals surface area contributed by atoms with E-state index in [9.17, 15) is 29.1 Å². The number of ether oxygens (including phenoxy) is 2. The van der Waals surface area contributed by atoms with Crippen molar-refractivity contribution in [3.8, 4) is 11.5 Å². The van der Waals surface area contributed by atoms with Crippen molar-refractivity contribution in [3.63, 3.8) is 0 Å². The topological polar surface area (TPSA) is 187 Å². The van der Waals surface area contributed by atoms with Crippen LogP contribution >= 0.6 is 0 Å². The summed E-state index contributed by atoms with van der Waals surface area (Å²) in [4.78, 5) is 82.7. The van der Waals surface area contributed by atoms with Crippen LogP contribution in [-0.4, -0.2) is 198 Å². The fourth-order valence-corrected chi connectivity index (χ4v) is 13.4. The minimum absolute atomic E-state index is 0.0143. The number of piperazine rings is 2. The molecule has 4 aromatic carbocycles. The number of likely N-dealkylation sites (N-methyl/N-ethyl adjacent to an activating group) is 1. The molecule has 1 aromatic heterocycles. The molecule has 18 nitrogen and oxygen atoms in total. The lowest BCUT2D eigenvalue weighted by molar-refractivity contribution is -0.137. The van der Waals surface area contributed by atoms with E-state index >= 15 is 4.39 Å². The summed E-state index contributed by atoms with van der Waals surface area (Å²) >= 11 is 0. The molecule has 0 bridgehead atoms. The van der Waals surface area contributed by atoms with E-state index in [-0.39, 0.29) is 53.1 Å². The Bertz CT molecular complexity index is 3130. The molecule has 4 saturated heterocycles. The normalized spacial score (nSPS) is 19.8. The molecular formula is C65H85FN10O8. The van der Waals surface area contributed by atoms with Gasteiger partial charge >= 0.3 is 0 Å². The number of carbonyl (C=O) groups is 4. The highest BCUT2D eigenvalue weighted by molar-refractivity contribution is 5.98. The highest BCUT2D eigenvalue weighted by Gasteiger charge is 2.37. The second kappa shape index (κ2) is 28.4. The van der Waals surface area contributed by atoms with Crippen LogP contribution < -0.4 is 20.3 Å². The van der Waals surface area contributed by atoms with Crippen LogP contribution in [-0.2, 0) is 27.3 Å². The Hall–Kier alpha value is -6.77. The number of hydrogen-bond donors (Lipinski definition) is 3. The van der Waals surface area contributed by atoms with Gasteiger partial charge in [0.25, 0.3) is 11.5 Å². The van der Waals surface area contributed by atoms with Gasteiger partial charge < -0.3 is 34.6 Å². The molecule has 4 amide bonds. The number of aromatic amines is 1. The number of nitrogens with zero attached hydrogens (tertiary/aromatic N) is 8. The first-order chi connectivity index (χ1) is 40.8. The fourth-order valence-electron chi connectivity index (χ4n) is 13.4. The van der Waals surface area contributed by atoms with Crippen molar-refractivity contribution >= 4 is 34.4 Å². The van der Waals surface area contributed by atoms with Crippen molar-refractivity contribution in [2.75, 3.05) is 119 Å². The average molecular weight is 1150 g/mol. The predicted octanol–water partition coefficient (Wildman–Crippen LogP) is 6.27. The molecule has 0 radical (unpaired) electrons. The van der Waals surface area contributed by atoms with Crippen LogP contribution in [0.15, 0.2) is 89.7 Å². The van der Waals surface area contributed by atoms with E-state index in [1.165, 1.54) is 6.07 Å². The van der Waals surface area contributed by atoms with Gasteiger partial charge in [-0.05, 0) is 125 Å². The van der Waals surface area contributed by atoms with Crippen molar-refractivity contribution in [1.29, 1.82) is 0 Å². The quantitative estimate of drug-likeness (QED) is 0.0793. The Morgan fingerprint density at radius 1 is 0.774 bits per heavy atom. The van der Waals surface area contributed by atoms with Gasteiger partial charge in [-0.25, -0.2) is 9.49 Å². The summed E-state index contributed by atoms with van der Waals surface area (Å²) in [5.41, 5.74) is 3.86. The lowest BCUT2D eigenvalue weighted by Crippen LogP contribution is -2.57. The lowest BCUT2D eigenvalue weighted by atomic mass is 9.83. The number of nitrogens with one attached hydrogen (secondary N) is 2. The Labute approximate surface area is 493 Å². The van der Waals surface area contributed by atoms with Gasteiger partial charge in [0.1, 0.15) is 29.6 Å². The maximum absolute atomic E-state index is 15.2. The molecule has 10 rings (SSSR count). The summed E-state index contributed by atoms with van der Waals surface area (Å²) < 4.78 is 26.5. The van der Waals surface area contributed by atoms with Crippen LogP contribution in [0.5, 0.6) is 11.5 Å². The van der Waals surface area contributed by atoms with E-state index in [0.717, 1.165) is 124 Å². The number of carbonyl (C=O) groups excluding carboxylic acids is 4. The molecule has 84 heavy (non-hydrogen) atoms. The van der Waals surface area contributed by atoms with E-state index in [2.05, 4.69) is 31.4 Å². The number of aromatic nitrogens is 2. The molecule has 0 spiro atoms. The van der Waals surface area contributed by atoms with Gasteiger partial charge in [0.2, 0.25) is 17.7 Å². The number of aliphatic hydroxyl groups excluding tert-OH is 1. The maximum Gasteiger partial charge on any atom is 0.272 e. The molecule has 5 aromatic rings. The Balaban J connectivity index is 0.654. The van der Waals surface area contributed by atoms with E-state index in [0.29, 0.717) is 101 Å². The first kappa shape index (κ1) is 60.4. The Kier molecular flexibility index (Phi) is 20.4. The number of fused-ring (bicyclic) bond motifs is 1. The van der Waals surface area contributed by atoms with Crippen LogP contribution in [0.4, 0.5) is 4.39 Å². The number of rotatable bonds is 20. The number of H-pyrrole nitrogens is 1. The number of amides is 4. The Morgan fingerprint density at radius 3 is 2.27 bits per heavy atom. The van der Waals surface area contributed by atoms with Gasteiger partial charge in [-0.1, -0.05) is 61.7 Å². The van der Waals surface area contributed by atoms with Crippen molar-refractivity contribution in [2.24, 2.45) is 11.8 Å². The van der Waals surface area contributed by atoms with Gasteiger partial charge in [-0.15, -0.1) is 0 Å². The van der Waals surface area contributed by atoms with Crippen molar-refractivity contribution in [3.05, 3.63) is 135 Å². The predicted molar refractivity (Wildman–Crippen MR) is 320 cm³/mol. The molecule has 1 aliphatic carbocycles. The standard InChI is InChI=1S/C65H85FN10O8/c1-4-84-58-39-52(83-3)21-20-51(58)41-70(2)43-59(77)76-25-11-16-50(42-76)48-14-10-15-49(38-48)62(79)67-61(47-12-6-5-7-13-47)65(82)75-30-28-72(29-31-75)40-45-23-26-71(27-24-45)44-60(78)73-32-34-74(35-33-73)64(81)55-36-46(19-22-56(55)66)37-57-53-17-8-9-18-54(53)63(80)69-68-57/h8-10,14-15,17-22,36,38-39,45,47,50,61,64,81H,4-7,11-13,16,23-35,37,40-44H2,1-3H3,(H,67,79)(H,69,80)/t50?,61-,64?/m1/s1. The third-order valence-corrected chi connectivity index (χ3v) is 18.3. The highest BCUT2D eigenvalue weighted by Crippen LogP contribution is 2.32.